The Bertz CT molecular complexity index is 534. The molecule has 5 heteroatoms. The topological polar surface area (TPSA) is 58.6 Å². The number of nitrogens with one attached hydrogen (secondary N) is 1. The molecule has 2 rings (SSSR count). The van der Waals surface area contributed by atoms with Crippen molar-refractivity contribution in [3.05, 3.63) is 29.8 Å². The van der Waals surface area contributed by atoms with Crippen LogP contribution in [0.1, 0.15) is 51.0 Å². The molecule has 1 saturated carbocycles. The van der Waals surface area contributed by atoms with E-state index in [9.17, 15) is 9.59 Å². The fraction of sp³-hybridized carbons (Fsp3) is 0.579. The summed E-state index contributed by atoms with van der Waals surface area (Å²) in [5.74, 6) is 0.674. The van der Waals surface area contributed by atoms with Crippen molar-refractivity contribution in [2.24, 2.45) is 0 Å². The molecule has 1 aromatic rings. The number of ether oxygens (including phenoxy) is 1. The Kier molecular flexibility index (Phi) is 7.09. The van der Waals surface area contributed by atoms with E-state index in [1.807, 2.05) is 24.3 Å². The number of carbonyl (C=O) groups excluding carboxylic acids is 2. The highest BCUT2D eigenvalue weighted by Crippen LogP contribution is 2.22. The summed E-state index contributed by atoms with van der Waals surface area (Å²) in [6, 6.07) is 7.79. The number of benzene rings is 1. The average Bonchev–Trinajstić information content (AvgIpc) is 2.87. The first-order valence-corrected chi connectivity index (χ1v) is 8.77. The fourth-order valence-electron chi connectivity index (χ4n) is 3.22. The van der Waals surface area contributed by atoms with E-state index < -0.39 is 0 Å². The molecule has 0 radical (unpaired) electrons. The van der Waals surface area contributed by atoms with Gasteiger partial charge in [0.2, 0.25) is 11.8 Å². The molecule has 0 unspecified atom stereocenters. The molecule has 0 aromatic heterocycles. The summed E-state index contributed by atoms with van der Waals surface area (Å²) in [6.45, 7) is 2.16. The van der Waals surface area contributed by atoms with Crippen molar-refractivity contribution in [1.29, 1.82) is 0 Å². The van der Waals surface area contributed by atoms with E-state index in [1.54, 1.807) is 18.9 Å². The zero-order valence-corrected chi connectivity index (χ0v) is 14.7. The highest BCUT2D eigenvalue weighted by atomic mass is 16.5. The Hall–Kier alpha value is -2.04. The van der Waals surface area contributed by atoms with Crippen molar-refractivity contribution < 1.29 is 14.3 Å². The normalized spacial score (nSPS) is 15.4. The molecule has 1 aliphatic carbocycles. The first kappa shape index (κ1) is 18.3. The van der Waals surface area contributed by atoms with Gasteiger partial charge in [0.25, 0.3) is 0 Å². The van der Waals surface area contributed by atoms with Crippen molar-refractivity contribution in [2.45, 2.75) is 58.0 Å². The lowest BCUT2D eigenvalue weighted by atomic mass is 10.1. The molecule has 1 aromatic carbocycles. The van der Waals surface area contributed by atoms with Crippen molar-refractivity contribution in [3.63, 3.8) is 0 Å². The Morgan fingerprint density at radius 3 is 2.29 bits per heavy atom. The Morgan fingerprint density at radius 1 is 1.12 bits per heavy atom. The minimum atomic E-state index is -0.106. The molecule has 0 saturated heterocycles. The summed E-state index contributed by atoms with van der Waals surface area (Å²) < 4.78 is 5.12. The molecule has 5 nitrogen and oxygen atoms in total. The minimum Gasteiger partial charge on any atom is -0.497 e. The third-order valence-electron chi connectivity index (χ3n) is 4.63. The molecule has 1 fully saturated rings. The van der Waals surface area contributed by atoms with E-state index in [1.165, 1.54) is 12.8 Å². The second-order valence-electron chi connectivity index (χ2n) is 6.42. The van der Waals surface area contributed by atoms with E-state index in [4.69, 9.17) is 4.74 Å². The Balaban J connectivity index is 1.86. The summed E-state index contributed by atoms with van der Waals surface area (Å²) >= 11 is 0. The Morgan fingerprint density at radius 2 is 1.75 bits per heavy atom. The van der Waals surface area contributed by atoms with Crippen LogP contribution in [0, 0.1) is 0 Å². The number of carbonyl (C=O) groups is 2. The predicted octanol–water partition coefficient (Wildman–Crippen LogP) is 2.88. The summed E-state index contributed by atoms with van der Waals surface area (Å²) in [5.41, 5.74) is 1.01. The minimum absolute atomic E-state index is 0.0125. The second-order valence-corrected chi connectivity index (χ2v) is 6.42. The van der Waals surface area contributed by atoms with Gasteiger partial charge in [0.15, 0.2) is 0 Å². The SMILES string of the molecule is COc1ccc(CNC(=O)CN(C(C)=O)C2CCCCCC2)cc1. The van der Waals surface area contributed by atoms with Crippen LogP contribution in [0.25, 0.3) is 0 Å². The molecule has 0 aliphatic heterocycles. The molecular weight excluding hydrogens is 304 g/mol. The first-order valence-electron chi connectivity index (χ1n) is 8.77. The molecule has 0 spiro atoms. The van der Waals surface area contributed by atoms with Crippen LogP contribution in [0.3, 0.4) is 0 Å². The molecule has 24 heavy (non-hydrogen) atoms. The summed E-state index contributed by atoms with van der Waals surface area (Å²) in [6.07, 6.45) is 6.75. The summed E-state index contributed by atoms with van der Waals surface area (Å²) in [4.78, 5) is 26.0. The van der Waals surface area contributed by atoms with Gasteiger partial charge in [0.05, 0.1) is 13.7 Å². The van der Waals surface area contributed by atoms with E-state index in [0.29, 0.717) is 6.54 Å². The highest BCUT2D eigenvalue weighted by molar-refractivity contribution is 5.84. The van der Waals surface area contributed by atoms with Crippen LogP contribution >= 0.6 is 0 Å². The van der Waals surface area contributed by atoms with E-state index >= 15 is 0 Å². The van der Waals surface area contributed by atoms with Crippen LogP contribution in [-0.4, -0.2) is 36.4 Å². The quantitative estimate of drug-likeness (QED) is 0.815. The van der Waals surface area contributed by atoms with Gasteiger partial charge in [-0.15, -0.1) is 0 Å². The van der Waals surface area contributed by atoms with Crippen LogP contribution < -0.4 is 10.1 Å². The predicted molar refractivity (Wildman–Crippen MR) is 93.7 cm³/mol. The lowest BCUT2D eigenvalue weighted by molar-refractivity contribution is -0.136. The number of nitrogens with zero attached hydrogens (tertiary/aromatic N) is 1. The van der Waals surface area contributed by atoms with Crippen molar-refractivity contribution in [1.82, 2.24) is 10.2 Å². The number of rotatable bonds is 6. The number of hydrogen-bond donors (Lipinski definition) is 1. The van der Waals surface area contributed by atoms with Gasteiger partial charge in [-0.3, -0.25) is 9.59 Å². The Labute approximate surface area is 144 Å². The maximum atomic E-state index is 12.3. The van der Waals surface area contributed by atoms with Gasteiger partial charge in [-0.25, -0.2) is 0 Å². The van der Waals surface area contributed by atoms with Crippen LogP contribution in [0.15, 0.2) is 24.3 Å². The molecule has 2 amide bonds. The van der Waals surface area contributed by atoms with Gasteiger partial charge in [-0.2, -0.15) is 0 Å². The molecule has 1 aliphatic rings. The van der Waals surface area contributed by atoms with Gasteiger partial charge in [-0.1, -0.05) is 37.8 Å². The smallest absolute Gasteiger partial charge is 0.239 e. The molecule has 1 N–H and O–H groups in total. The third kappa shape index (κ3) is 5.55. The average molecular weight is 332 g/mol. The van der Waals surface area contributed by atoms with Crippen LogP contribution in [-0.2, 0) is 16.1 Å². The second kappa shape index (κ2) is 9.30. The van der Waals surface area contributed by atoms with Gasteiger partial charge < -0.3 is 15.0 Å². The van der Waals surface area contributed by atoms with Gasteiger partial charge in [0, 0.05) is 19.5 Å². The largest absolute Gasteiger partial charge is 0.497 e. The van der Waals surface area contributed by atoms with Crippen molar-refractivity contribution in [2.75, 3.05) is 13.7 Å². The van der Waals surface area contributed by atoms with E-state index in [2.05, 4.69) is 5.32 Å². The monoisotopic (exact) mass is 332 g/mol. The molecule has 0 bridgehead atoms. The maximum Gasteiger partial charge on any atom is 0.239 e. The number of methoxy groups -OCH3 is 1. The van der Waals surface area contributed by atoms with Gasteiger partial charge in [-0.05, 0) is 30.5 Å². The first-order chi connectivity index (χ1) is 11.6. The highest BCUT2D eigenvalue weighted by Gasteiger charge is 2.24. The van der Waals surface area contributed by atoms with Crippen LogP contribution in [0.5, 0.6) is 5.75 Å². The van der Waals surface area contributed by atoms with E-state index in [-0.39, 0.29) is 24.4 Å². The lowest BCUT2D eigenvalue weighted by Gasteiger charge is -2.29. The van der Waals surface area contributed by atoms with Gasteiger partial charge >= 0.3 is 0 Å². The molecule has 0 atom stereocenters. The zero-order chi connectivity index (χ0) is 17.4. The fourth-order valence-corrected chi connectivity index (χ4v) is 3.22. The number of amides is 2. The summed E-state index contributed by atoms with van der Waals surface area (Å²) in [7, 11) is 1.63. The standard InChI is InChI=1S/C19H28N2O3/c1-15(22)21(17-7-5-3-4-6-8-17)14-19(23)20-13-16-9-11-18(24-2)12-10-16/h9-12,17H,3-8,13-14H2,1-2H3,(H,20,23). The zero-order valence-electron chi connectivity index (χ0n) is 14.7. The lowest BCUT2D eigenvalue weighted by Crippen LogP contribution is -2.45. The van der Waals surface area contributed by atoms with Crippen LogP contribution in [0.2, 0.25) is 0 Å². The van der Waals surface area contributed by atoms with Gasteiger partial charge in [0.1, 0.15) is 5.75 Å². The number of hydrogen-bond acceptors (Lipinski definition) is 3. The van der Waals surface area contributed by atoms with E-state index in [0.717, 1.165) is 37.0 Å². The summed E-state index contributed by atoms with van der Waals surface area (Å²) in [5, 5.41) is 2.90. The molecule has 132 valence electrons. The van der Waals surface area contributed by atoms with Crippen molar-refractivity contribution >= 4 is 11.8 Å². The molecule has 0 heterocycles. The molecular formula is C19H28N2O3. The van der Waals surface area contributed by atoms with Crippen LogP contribution in [0.4, 0.5) is 0 Å². The maximum absolute atomic E-state index is 12.3. The third-order valence-corrected chi connectivity index (χ3v) is 4.63. The van der Waals surface area contributed by atoms with Crippen molar-refractivity contribution in [3.8, 4) is 5.75 Å².